The largest absolute Gasteiger partial charge is 0.434 e. The zero-order chi connectivity index (χ0) is 13.3. The molecule has 0 aliphatic heterocycles. The fourth-order valence-corrected chi connectivity index (χ4v) is 3.54. The second-order valence-electron chi connectivity index (χ2n) is 4.98. The van der Waals surface area contributed by atoms with E-state index in [0.29, 0.717) is 10.9 Å². The van der Waals surface area contributed by atoms with E-state index in [4.69, 9.17) is 5.73 Å². The number of rotatable bonds is 2. The predicted molar refractivity (Wildman–Crippen MR) is 65.4 cm³/mol. The smallest absolute Gasteiger partial charge is 0.326 e. The summed E-state index contributed by atoms with van der Waals surface area (Å²) in [6, 6.07) is 0. The van der Waals surface area contributed by atoms with Gasteiger partial charge in [0.2, 0.25) is 0 Å². The highest BCUT2D eigenvalue weighted by Crippen LogP contribution is 2.41. The zero-order valence-electron chi connectivity index (χ0n) is 10.3. The molecule has 0 unspecified atom stereocenters. The molecule has 0 bridgehead atoms. The minimum atomic E-state index is -4.38. The van der Waals surface area contributed by atoms with Crippen molar-refractivity contribution in [3.05, 3.63) is 15.6 Å². The van der Waals surface area contributed by atoms with Crippen molar-refractivity contribution in [2.24, 2.45) is 11.7 Å². The van der Waals surface area contributed by atoms with Crippen molar-refractivity contribution in [1.82, 2.24) is 4.98 Å². The molecular weight excluding hydrogens is 261 g/mol. The third-order valence-corrected chi connectivity index (χ3v) is 4.77. The van der Waals surface area contributed by atoms with E-state index in [1.54, 1.807) is 0 Å². The van der Waals surface area contributed by atoms with E-state index in [-0.39, 0.29) is 17.3 Å². The first-order valence-corrected chi connectivity index (χ1v) is 7.00. The maximum absolute atomic E-state index is 12.8. The molecule has 1 fully saturated rings. The summed E-state index contributed by atoms with van der Waals surface area (Å²) in [7, 11) is 0. The molecule has 1 aliphatic rings. The lowest BCUT2D eigenvalue weighted by molar-refractivity contribution is -0.141. The molecule has 0 aromatic carbocycles. The third-order valence-electron chi connectivity index (χ3n) is 3.53. The maximum atomic E-state index is 12.8. The van der Waals surface area contributed by atoms with Crippen LogP contribution < -0.4 is 5.73 Å². The Kier molecular flexibility index (Phi) is 3.96. The summed E-state index contributed by atoms with van der Waals surface area (Å²) in [5.41, 5.74) is 4.61. The number of hydrogen-bond acceptors (Lipinski definition) is 3. The highest BCUT2D eigenvalue weighted by Gasteiger charge is 2.38. The highest BCUT2D eigenvalue weighted by atomic mass is 32.1. The van der Waals surface area contributed by atoms with Gasteiger partial charge in [-0.3, -0.25) is 0 Å². The average Bonchev–Trinajstić information content (AvgIpc) is 2.73. The molecule has 6 heteroatoms. The Hall–Kier alpha value is -0.620. The van der Waals surface area contributed by atoms with Crippen molar-refractivity contribution >= 4 is 11.3 Å². The first kappa shape index (κ1) is 13.8. The van der Waals surface area contributed by atoms with Crippen LogP contribution in [0.2, 0.25) is 0 Å². The minimum absolute atomic E-state index is 0.0877. The molecule has 2 N–H and O–H groups in total. The number of alkyl halides is 3. The predicted octanol–water partition coefficient (Wildman–Crippen LogP) is 3.91. The normalized spacial score (nSPS) is 25.4. The third kappa shape index (κ3) is 2.85. The van der Waals surface area contributed by atoms with Gasteiger partial charge in [-0.1, -0.05) is 19.8 Å². The Labute approximate surface area is 108 Å². The first-order chi connectivity index (χ1) is 8.41. The van der Waals surface area contributed by atoms with Gasteiger partial charge in [-0.15, -0.1) is 11.3 Å². The standard InChI is InChI=1S/C12H17F3N2S/c1-7-2-4-8(5-3-7)11-17-10(12(13,14)15)9(6-16)18-11/h7-8H,2-6,16H2,1H3. The Morgan fingerprint density at radius 1 is 1.28 bits per heavy atom. The monoisotopic (exact) mass is 278 g/mol. The molecule has 0 radical (unpaired) electrons. The van der Waals surface area contributed by atoms with Crippen LogP contribution in [0.25, 0.3) is 0 Å². The number of halogens is 3. The van der Waals surface area contributed by atoms with Gasteiger partial charge < -0.3 is 5.73 Å². The number of nitrogens with zero attached hydrogens (tertiary/aromatic N) is 1. The van der Waals surface area contributed by atoms with Crippen molar-refractivity contribution in [3.63, 3.8) is 0 Å². The lowest BCUT2D eigenvalue weighted by Gasteiger charge is -2.24. The summed E-state index contributed by atoms with van der Waals surface area (Å²) in [4.78, 5) is 3.98. The molecule has 0 saturated heterocycles. The first-order valence-electron chi connectivity index (χ1n) is 6.18. The lowest BCUT2D eigenvalue weighted by atomic mass is 9.83. The van der Waals surface area contributed by atoms with Crippen molar-refractivity contribution in [2.75, 3.05) is 0 Å². The van der Waals surface area contributed by atoms with Gasteiger partial charge in [0.25, 0.3) is 0 Å². The summed E-state index contributed by atoms with van der Waals surface area (Å²) in [6.07, 6.45) is -0.357. The van der Waals surface area contributed by atoms with Crippen LogP contribution >= 0.6 is 11.3 Å². The van der Waals surface area contributed by atoms with Crippen molar-refractivity contribution in [2.45, 2.75) is 51.2 Å². The van der Waals surface area contributed by atoms with Crippen LogP contribution in [0.3, 0.4) is 0 Å². The number of thiazole rings is 1. The van der Waals surface area contributed by atoms with Gasteiger partial charge in [0.1, 0.15) is 0 Å². The maximum Gasteiger partial charge on any atom is 0.434 e. The van der Waals surface area contributed by atoms with Crippen LogP contribution in [0.4, 0.5) is 13.2 Å². The Morgan fingerprint density at radius 3 is 2.33 bits per heavy atom. The summed E-state index contributed by atoms with van der Waals surface area (Å²) < 4.78 is 38.3. The molecule has 2 rings (SSSR count). The molecule has 18 heavy (non-hydrogen) atoms. The molecule has 1 aromatic rings. The minimum Gasteiger partial charge on any atom is -0.326 e. The van der Waals surface area contributed by atoms with Crippen molar-refractivity contribution < 1.29 is 13.2 Å². The van der Waals surface area contributed by atoms with E-state index in [0.717, 1.165) is 37.0 Å². The van der Waals surface area contributed by atoms with Crippen LogP contribution in [0.1, 0.15) is 54.1 Å². The van der Waals surface area contributed by atoms with E-state index in [2.05, 4.69) is 11.9 Å². The molecule has 1 saturated carbocycles. The SMILES string of the molecule is CC1CCC(c2nc(C(F)(F)F)c(CN)s2)CC1. The van der Waals surface area contributed by atoms with Gasteiger partial charge in [0.05, 0.1) is 9.88 Å². The van der Waals surface area contributed by atoms with Crippen LogP contribution in [0.15, 0.2) is 0 Å². The van der Waals surface area contributed by atoms with E-state index in [9.17, 15) is 13.2 Å². The molecule has 1 aliphatic carbocycles. The molecule has 0 spiro atoms. The fraction of sp³-hybridized carbons (Fsp3) is 0.750. The van der Waals surface area contributed by atoms with Crippen molar-refractivity contribution in [1.29, 1.82) is 0 Å². The van der Waals surface area contributed by atoms with Gasteiger partial charge in [-0.25, -0.2) is 4.98 Å². The quantitative estimate of drug-likeness (QED) is 0.890. The summed E-state index contributed by atoms with van der Waals surface area (Å²) in [6.45, 7) is 2.10. The van der Waals surface area contributed by atoms with Gasteiger partial charge in [0.15, 0.2) is 5.69 Å². The Morgan fingerprint density at radius 2 is 1.89 bits per heavy atom. The van der Waals surface area contributed by atoms with Gasteiger partial charge in [-0.2, -0.15) is 13.2 Å². The van der Waals surface area contributed by atoms with E-state index >= 15 is 0 Å². The second-order valence-corrected chi connectivity index (χ2v) is 6.10. The fourth-order valence-electron chi connectivity index (χ4n) is 2.41. The van der Waals surface area contributed by atoms with Crippen molar-refractivity contribution in [3.8, 4) is 0 Å². The van der Waals surface area contributed by atoms with Crippen LogP contribution in [0, 0.1) is 5.92 Å². The molecule has 0 amide bonds. The van der Waals surface area contributed by atoms with Crippen LogP contribution in [-0.2, 0) is 12.7 Å². The summed E-state index contributed by atoms with van der Waals surface area (Å²) in [5.74, 6) is 0.866. The molecule has 102 valence electrons. The van der Waals surface area contributed by atoms with Gasteiger partial charge in [-0.05, 0) is 18.8 Å². The number of aromatic nitrogens is 1. The Bertz CT molecular complexity index is 406. The van der Waals surface area contributed by atoms with Gasteiger partial charge in [0, 0.05) is 12.5 Å². The molecule has 1 heterocycles. The Balaban J connectivity index is 2.22. The lowest BCUT2D eigenvalue weighted by Crippen LogP contribution is -2.12. The highest BCUT2D eigenvalue weighted by molar-refractivity contribution is 7.11. The summed E-state index contributed by atoms with van der Waals surface area (Å²) >= 11 is 1.14. The molecular formula is C12H17F3N2S. The molecule has 2 nitrogen and oxygen atoms in total. The number of nitrogens with two attached hydrogens (primary N) is 1. The second kappa shape index (κ2) is 5.17. The van der Waals surface area contributed by atoms with E-state index in [1.807, 2.05) is 0 Å². The molecule has 0 atom stereocenters. The van der Waals surface area contributed by atoms with Gasteiger partial charge >= 0.3 is 6.18 Å². The van der Waals surface area contributed by atoms with E-state index < -0.39 is 11.9 Å². The zero-order valence-corrected chi connectivity index (χ0v) is 11.1. The van der Waals surface area contributed by atoms with Crippen LogP contribution in [-0.4, -0.2) is 4.98 Å². The topological polar surface area (TPSA) is 38.9 Å². The summed E-state index contributed by atoms with van der Waals surface area (Å²) in [5, 5.41) is 0.620. The van der Waals surface area contributed by atoms with E-state index in [1.165, 1.54) is 0 Å². The number of hydrogen-bond donors (Lipinski definition) is 1. The average molecular weight is 278 g/mol. The molecule has 1 aromatic heterocycles. The van der Waals surface area contributed by atoms with Crippen LogP contribution in [0.5, 0.6) is 0 Å².